The normalized spacial score (nSPS) is 10.7. The molecule has 1 heterocycles. The highest BCUT2D eigenvalue weighted by molar-refractivity contribution is 7.99. The molecular weight excluding hydrogens is 444 g/mol. The van der Waals surface area contributed by atoms with E-state index in [4.69, 9.17) is 16.3 Å². The zero-order valence-electron chi connectivity index (χ0n) is 17.4. The van der Waals surface area contributed by atoms with Gasteiger partial charge in [-0.15, -0.1) is 10.2 Å². The van der Waals surface area contributed by atoms with Crippen molar-refractivity contribution in [1.82, 2.24) is 14.8 Å². The van der Waals surface area contributed by atoms with Crippen LogP contribution in [0.15, 0.2) is 84.0 Å². The molecule has 0 aliphatic rings. The van der Waals surface area contributed by atoms with Gasteiger partial charge in [-0.25, -0.2) is 0 Å². The largest absolute Gasteiger partial charge is 0.486 e. The van der Waals surface area contributed by atoms with Crippen molar-refractivity contribution in [2.24, 2.45) is 0 Å². The number of anilines is 1. The Kier molecular flexibility index (Phi) is 7.09. The molecule has 0 bridgehead atoms. The Morgan fingerprint density at radius 3 is 2.44 bits per heavy atom. The van der Waals surface area contributed by atoms with Gasteiger partial charge in [-0.3, -0.25) is 9.36 Å². The van der Waals surface area contributed by atoms with E-state index in [1.807, 2.05) is 66.1 Å². The van der Waals surface area contributed by atoms with Crippen LogP contribution in [0, 0.1) is 6.92 Å². The number of para-hydroxylation sites is 1. The monoisotopic (exact) mass is 464 g/mol. The van der Waals surface area contributed by atoms with Gasteiger partial charge in [-0.2, -0.15) is 0 Å². The fraction of sp³-hybridized carbons (Fsp3) is 0.125. The smallest absolute Gasteiger partial charge is 0.234 e. The molecule has 4 aromatic rings. The van der Waals surface area contributed by atoms with Crippen LogP contribution in [0.2, 0.25) is 5.02 Å². The first kappa shape index (κ1) is 21.9. The summed E-state index contributed by atoms with van der Waals surface area (Å²) in [6, 6.07) is 24.6. The molecular formula is C24H21ClN4O2S. The Morgan fingerprint density at radius 2 is 1.72 bits per heavy atom. The number of rotatable bonds is 8. The van der Waals surface area contributed by atoms with Gasteiger partial charge in [0.05, 0.1) is 5.75 Å². The van der Waals surface area contributed by atoms with E-state index in [1.54, 1.807) is 24.3 Å². The fourth-order valence-electron chi connectivity index (χ4n) is 2.97. The molecule has 0 aliphatic heterocycles. The van der Waals surface area contributed by atoms with E-state index in [-0.39, 0.29) is 18.3 Å². The van der Waals surface area contributed by atoms with Crippen LogP contribution < -0.4 is 10.1 Å². The number of hydrogen-bond donors (Lipinski definition) is 1. The number of thioether (sulfide) groups is 1. The number of carbonyl (C=O) groups excluding carboxylic acids is 1. The quantitative estimate of drug-likeness (QED) is 0.347. The maximum Gasteiger partial charge on any atom is 0.234 e. The topological polar surface area (TPSA) is 69.0 Å². The van der Waals surface area contributed by atoms with Crippen molar-refractivity contribution in [2.45, 2.75) is 18.7 Å². The summed E-state index contributed by atoms with van der Waals surface area (Å²) in [4.78, 5) is 12.4. The molecule has 0 unspecified atom stereocenters. The minimum absolute atomic E-state index is 0.141. The van der Waals surface area contributed by atoms with Crippen molar-refractivity contribution in [1.29, 1.82) is 0 Å². The molecule has 8 heteroatoms. The number of benzene rings is 3. The second-order valence-corrected chi connectivity index (χ2v) is 8.39. The summed E-state index contributed by atoms with van der Waals surface area (Å²) in [7, 11) is 0. The molecule has 162 valence electrons. The van der Waals surface area contributed by atoms with E-state index in [0.717, 1.165) is 11.4 Å². The molecule has 0 aliphatic carbocycles. The third-order valence-corrected chi connectivity index (χ3v) is 5.74. The Labute approximate surface area is 195 Å². The summed E-state index contributed by atoms with van der Waals surface area (Å²) < 4.78 is 7.83. The molecule has 6 nitrogen and oxygen atoms in total. The molecule has 32 heavy (non-hydrogen) atoms. The number of aromatic nitrogens is 3. The van der Waals surface area contributed by atoms with Crippen LogP contribution >= 0.6 is 23.4 Å². The molecule has 3 aromatic carbocycles. The van der Waals surface area contributed by atoms with E-state index >= 15 is 0 Å². The second-order valence-electron chi connectivity index (χ2n) is 7.02. The summed E-state index contributed by atoms with van der Waals surface area (Å²) in [5.41, 5.74) is 2.76. The summed E-state index contributed by atoms with van der Waals surface area (Å²) in [6.07, 6.45) is 0. The summed E-state index contributed by atoms with van der Waals surface area (Å²) in [6.45, 7) is 2.28. The fourth-order valence-corrected chi connectivity index (χ4v) is 3.86. The summed E-state index contributed by atoms with van der Waals surface area (Å²) >= 11 is 7.21. The first-order chi connectivity index (χ1) is 15.6. The zero-order chi connectivity index (χ0) is 22.3. The van der Waals surface area contributed by atoms with Crippen LogP contribution in [-0.4, -0.2) is 26.4 Å². The van der Waals surface area contributed by atoms with Gasteiger partial charge in [0.25, 0.3) is 0 Å². The van der Waals surface area contributed by atoms with Gasteiger partial charge < -0.3 is 10.1 Å². The lowest BCUT2D eigenvalue weighted by Crippen LogP contribution is -2.14. The van der Waals surface area contributed by atoms with Crippen LogP contribution in [0.25, 0.3) is 5.69 Å². The number of hydrogen-bond acceptors (Lipinski definition) is 5. The van der Waals surface area contributed by atoms with E-state index in [9.17, 15) is 4.79 Å². The minimum atomic E-state index is -0.141. The lowest BCUT2D eigenvalue weighted by Gasteiger charge is -2.11. The summed E-state index contributed by atoms with van der Waals surface area (Å²) in [5, 5.41) is 12.7. The predicted octanol–water partition coefficient (Wildman–Crippen LogP) is 5.54. The number of nitrogens with zero attached hydrogens (tertiary/aromatic N) is 3. The van der Waals surface area contributed by atoms with E-state index in [0.29, 0.717) is 21.7 Å². The van der Waals surface area contributed by atoms with Crippen molar-refractivity contribution in [3.63, 3.8) is 0 Å². The highest BCUT2D eigenvalue weighted by Gasteiger charge is 2.16. The van der Waals surface area contributed by atoms with E-state index < -0.39 is 0 Å². The molecule has 0 spiro atoms. The van der Waals surface area contributed by atoms with Crippen molar-refractivity contribution in [3.8, 4) is 11.4 Å². The molecule has 0 fully saturated rings. The van der Waals surface area contributed by atoms with Crippen molar-refractivity contribution in [2.75, 3.05) is 11.1 Å². The molecule has 0 radical (unpaired) electrons. The SMILES string of the molecule is Cc1ccc(OCc2nnc(SCC(=O)Nc3ccc(Cl)cc3)n2-c2ccccc2)cc1. The first-order valence-corrected chi connectivity index (χ1v) is 11.3. The standard InChI is InChI=1S/C24H21ClN4O2S/c1-17-7-13-21(14-8-17)31-15-22-27-28-24(29(22)20-5-3-2-4-6-20)32-16-23(30)26-19-11-9-18(25)10-12-19/h2-14H,15-16H2,1H3,(H,26,30). The van der Waals surface area contributed by atoms with Gasteiger partial charge >= 0.3 is 0 Å². The molecule has 0 atom stereocenters. The Morgan fingerprint density at radius 1 is 1.00 bits per heavy atom. The molecule has 0 saturated heterocycles. The van der Waals surface area contributed by atoms with Crippen molar-refractivity contribution in [3.05, 3.63) is 95.3 Å². The highest BCUT2D eigenvalue weighted by Crippen LogP contribution is 2.24. The van der Waals surface area contributed by atoms with Crippen molar-refractivity contribution >= 4 is 35.0 Å². The number of amides is 1. The third kappa shape index (κ3) is 5.69. The zero-order valence-corrected chi connectivity index (χ0v) is 18.9. The number of carbonyl (C=O) groups is 1. The molecule has 0 saturated carbocycles. The minimum Gasteiger partial charge on any atom is -0.486 e. The number of nitrogens with one attached hydrogen (secondary N) is 1. The highest BCUT2D eigenvalue weighted by atomic mass is 35.5. The van der Waals surface area contributed by atoms with Crippen LogP contribution in [-0.2, 0) is 11.4 Å². The summed E-state index contributed by atoms with van der Waals surface area (Å²) in [5.74, 6) is 1.46. The maximum atomic E-state index is 12.4. The first-order valence-electron chi connectivity index (χ1n) is 9.96. The van der Waals surface area contributed by atoms with Crippen LogP contribution in [0.3, 0.4) is 0 Å². The van der Waals surface area contributed by atoms with Crippen molar-refractivity contribution < 1.29 is 9.53 Å². The van der Waals surface area contributed by atoms with Crippen LogP contribution in [0.4, 0.5) is 5.69 Å². The van der Waals surface area contributed by atoms with Gasteiger partial charge in [-0.1, -0.05) is 59.3 Å². The van der Waals surface area contributed by atoms with Crippen LogP contribution in [0.1, 0.15) is 11.4 Å². The third-order valence-electron chi connectivity index (χ3n) is 4.56. The molecule has 1 amide bonds. The molecule has 1 aromatic heterocycles. The van der Waals surface area contributed by atoms with Gasteiger partial charge in [0.1, 0.15) is 12.4 Å². The van der Waals surface area contributed by atoms with Gasteiger partial charge in [0.15, 0.2) is 11.0 Å². The van der Waals surface area contributed by atoms with Gasteiger partial charge in [-0.05, 0) is 55.5 Å². The van der Waals surface area contributed by atoms with E-state index in [2.05, 4.69) is 15.5 Å². The molecule has 1 N–H and O–H groups in total. The van der Waals surface area contributed by atoms with Gasteiger partial charge in [0.2, 0.25) is 5.91 Å². The average molecular weight is 465 g/mol. The number of ether oxygens (including phenoxy) is 1. The lowest BCUT2D eigenvalue weighted by molar-refractivity contribution is -0.113. The number of aryl methyl sites for hydroxylation is 1. The predicted molar refractivity (Wildman–Crippen MR) is 128 cm³/mol. The van der Waals surface area contributed by atoms with E-state index in [1.165, 1.54) is 17.3 Å². The van der Waals surface area contributed by atoms with Crippen LogP contribution in [0.5, 0.6) is 5.75 Å². The Hall–Kier alpha value is -3.29. The second kappa shape index (κ2) is 10.3. The Bertz CT molecular complexity index is 1180. The molecule has 4 rings (SSSR count). The maximum absolute atomic E-state index is 12.4. The lowest BCUT2D eigenvalue weighted by atomic mass is 10.2. The number of halogens is 1. The Balaban J connectivity index is 1.48. The average Bonchev–Trinajstić information content (AvgIpc) is 3.22. The van der Waals surface area contributed by atoms with Gasteiger partial charge in [0, 0.05) is 16.4 Å².